The van der Waals surface area contributed by atoms with Gasteiger partial charge in [0.15, 0.2) is 0 Å². The summed E-state index contributed by atoms with van der Waals surface area (Å²) in [5.41, 5.74) is 2.21. The van der Waals surface area contributed by atoms with Gasteiger partial charge in [0.25, 0.3) is 11.8 Å². The number of likely N-dealkylation sites (N-methyl/N-ethyl adjacent to an activating group) is 2. The topological polar surface area (TPSA) is 87.2 Å². The van der Waals surface area contributed by atoms with Crippen molar-refractivity contribution in [1.82, 2.24) is 9.80 Å². The molecule has 0 atom stereocenters. The Kier molecular flexibility index (Phi) is 5.07. The monoisotopic (exact) mass is 427 g/mol. The molecule has 4 rings (SSSR count). The van der Waals surface area contributed by atoms with Crippen molar-refractivity contribution in [2.45, 2.75) is 13.0 Å². The molecule has 0 spiro atoms. The quantitative estimate of drug-likeness (QED) is 0.682. The number of methoxy groups -OCH3 is 1. The maximum atomic E-state index is 13.0. The molecule has 0 aliphatic carbocycles. The minimum absolute atomic E-state index is 0.0483. The van der Waals surface area contributed by atoms with Crippen molar-refractivity contribution in [3.05, 3.63) is 51.4 Å². The third-order valence-corrected chi connectivity index (χ3v) is 6.76. The second-order valence-electron chi connectivity index (χ2n) is 7.35. The van der Waals surface area contributed by atoms with Crippen molar-refractivity contribution in [2.24, 2.45) is 0 Å². The lowest BCUT2D eigenvalue weighted by Gasteiger charge is -2.27. The van der Waals surface area contributed by atoms with Gasteiger partial charge in [-0.05, 0) is 30.2 Å². The van der Waals surface area contributed by atoms with E-state index in [9.17, 15) is 19.2 Å². The Morgan fingerprint density at radius 1 is 1.10 bits per heavy atom. The van der Waals surface area contributed by atoms with E-state index in [0.29, 0.717) is 41.2 Å². The van der Waals surface area contributed by atoms with Crippen LogP contribution >= 0.6 is 11.3 Å². The highest BCUT2D eigenvalue weighted by atomic mass is 32.1. The number of ether oxygens (including phenoxy) is 1. The maximum absolute atomic E-state index is 13.0. The highest BCUT2D eigenvalue weighted by Gasteiger charge is 2.36. The second-order valence-corrected chi connectivity index (χ2v) is 8.43. The summed E-state index contributed by atoms with van der Waals surface area (Å²) in [6.07, 6.45) is 0.533. The molecule has 156 valence electrons. The molecule has 8 nitrogen and oxygen atoms in total. The van der Waals surface area contributed by atoms with Gasteiger partial charge in [-0.25, -0.2) is 4.79 Å². The van der Waals surface area contributed by atoms with Gasteiger partial charge < -0.3 is 19.4 Å². The number of thiophene rings is 1. The van der Waals surface area contributed by atoms with Crippen LogP contribution in [0.4, 0.5) is 5.00 Å². The van der Waals surface area contributed by atoms with Gasteiger partial charge in [-0.15, -0.1) is 11.3 Å². The molecule has 9 heteroatoms. The molecule has 0 fully saturated rings. The molecule has 3 amide bonds. The Labute approximate surface area is 177 Å². The van der Waals surface area contributed by atoms with Crippen molar-refractivity contribution in [1.29, 1.82) is 0 Å². The zero-order valence-corrected chi connectivity index (χ0v) is 17.7. The number of carbonyl (C=O) groups is 4. The van der Waals surface area contributed by atoms with Crippen LogP contribution in [0, 0.1) is 0 Å². The smallest absolute Gasteiger partial charge is 0.337 e. The number of rotatable bonds is 2. The van der Waals surface area contributed by atoms with Crippen LogP contribution in [-0.2, 0) is 22.5 Å². The number of amides is 3. The largest absolute Gasteiger partial charge is 0.465 e. The molecule has 2 aromatic rings. The van der Waals surface area contributed by atoms with Crippen LogP contribution in [0.15, 0.2) is 24.3 Å². The molecular weight excluding hydrogens is 406 g/mol. The lowest BCUT2D eigenvalue weighted by atomic mass is 10.0. The minimum atomic E-state index is -0.497. The van der Waals surface area contributed by atoms with Gasteiger partial charge in [-0.2, -0.15) is 0 Å². The van der Waals surface area contributed by atoms with E-state index in [1.54, 1.807) is 37.2 Å². The van der Waals surface area contributed by atoms with Gasteiger partial charge >= 0.3 is 5.97 Å². The standard InChI is InChI=1S/C21H21N3O5S/c1-22-11-16(25)23(2)20-17(19(22)27)14-7-8-24(10-15(14)30-20)18(26)12-5-4-6-13(9-12)21(28)29-3/h4-6,9H,7-8,10-11H2,1-3H3. The summed E-state index contributed by atoms with van der Waals surface area (Å²) < 4.78 is 4.73. The SMILES string of the molecule is COC(=O)c1cccc(C(=O)N2CCc3c(sc4c3C(=O)N(C)CC(=O)N4C)C2)c1. The fraction of sp³-hybridized carbons (Fsp3) is 0.333. The fourth-order valence-corrected chi connectivity index (χ4v) is 5.12. The summed E-state index contributed by atoms with van der Waals surface area (Å²) in [6, 6.07) is 6.44. The van der Waals surface area contributed by atoms with E-state index in [-0.39, 0.29) is 24.3 Å². The van der Waals surface area contributed by atoms with Crippen molar-refractivity contribution in [3.8, 4) is 0 Å². The van der Waals surface area contributed by atoms with E-state index in [1.807, 2.05) is 0 Å². The first-order valence-corrected chi connectivity index (χ1v) is 10.3. The van der Waals surface area contributed by atoms with Crippen LogP contribution in [0.1, 0.15) is 41.5 Å². The van der Waals surface area contributed by atoms with Crippen LogP contribution in [0.2, 0.25) is 0 Å². The summed E-state index contributed by atoms with van der Waals surface area (Å²) in [4.78, 5) is 55.6. The predicted molar refractivity (Wildman–Crippen MR) is 111 cm³/mol. The van der Waals surface area contributed by atoms with E-state index >= 15 is 0 Å². The first-order valence-electron chi connectivity index (χ1n) is 9.46. The number of carbonyl (C=O) groups excluding carboxylic acids is 4. The number of anilines is 1. The number of nitrogens with zero attached hydrogens (tertiary/aromatic N) is 3. The molecule has 2 aliphatic heterocycles. The van der Waals surface area contributed by atoms with Crippen LogP contribution in [0.25, 0.3) is 0 Å². The minimum Gasteiger partial charge on any atom is -0.465 e. The average molecular weight is 427 g/mol. The summed E-state index contributed by atoms with van der Waals surface area (Å²) >= 11 is 1.39. The Bertz CT molecular complexity index is 1080. The number of hydrogen-bond donors (Lipinski definition) is 0. The normalized spacial score (nSPS) is 16.2. The Hall–Kier alpha value is -3.20. The lowest BCUT2D eigenvalue weighted by molar-refractivity contribution is -0.118. The Balaban J connectivity index is 1.64. The fourth-order valence-electron chi connectivity index (χ4n) is 3.78. The van der Waals surface area contributed by atoms with Crippen LogP contribution in [-0.4, -0.2) is 67.8 Å². The van der Waals surface area contributed by atoms with Gasteiger partial charge in [0.1, 0.15) is 11.5 Å². The molecule has 0 saturated heterocycles. The van der Waals surface area contributed by atoms with Crippen molar-refractivity contribution in [2.75, 3.05) is 39.2 Å². The summed E-state index contributed by atoms with van der Waals surface area (Å²) in [5, 5.41) is 0.640. The van der Waals surface area contributed by atoms with E-state index in [1.165, 1.54) is 34.3 Å². The zero-order valence-electron chi connectivity index (χ0n) is 16.9. The predicted octanol–water partition coefficient (Wildman–Crippen LogP) is 1.78. The molecule has 3 heterocycles. The third-order valence-electron chi connectivity index (χ3n) is 5.47. The van der Waals surface area contributed by atoms with Gasteiger partial charge in [0.2, 0.25) is 5.91 Å². The van der Waals surface area contributed by atoms with Crippen molar-refractivity contribution < 1.29 is 23.9 Å². The Morgan fingerprint density at radius 2 is 1.83 bits per heavy atom. The third kappa shape index (κ3) is 3.24. The van der Waals surface area contributed by atoms with Gasteiger partial charge in [0, 0.05) is 31.1 Å². The van der Waals surface area contributed by atoms with Crippen molar-refractivity contribution in [3.63, 3.8) is 0 Å². The number of fused-ring (bicyclic) bond motifs is 3. The van der Waals surface area contributed by atoms with Crippen molar-refractivity contribution >= 4 is 40.0 Å². The molecule has 30 heavy (non-hydrogen) atoms. The maximum Gasteiger partial charge on any atom is 0.337 e. The van der Waals surface area contributed by atoms with Crippen LogP contribution < -0.4 is 4.90 Å². The molecule has 0 bridgehead atoms. The molecule has 0 saturated carbocycles. The molecule has 0 unspecified atom stereocenters. The number of esters is 1. The first kappa shape index (κ1) is 20.1. The molecule has 1 aromatic carbocycles. The molecule has 0 N–H and O–H groups in total. The molecular formula is C21H21N3O5S. The number of hydrogen-bond acceptors (Lipinski definition) is 6. The lowest BCUT2D eigenvalue weighted by Crippen LogP contribution is -2.37. The molecule has 1 aromatic heterocycles. The average Bonchev–Trinajstić information content (AvgIpc) is 3.12. The summed E-state index contributed by atoms with van der Waals surface area (Å²) in [6.45, 7) is 0.853. The zero-order chi connectivity index (χ0) is 21.6. The van der Waals surface area contributed by atoms with Gasteiger partial charge in [-0.3, -0.25) is 14.4 Å². The summed E-state index contributed by atoms with van der Waals surface area (Å²) in [5.74, 6) is -0.993. The number of benzene rings is 1. The van der Waals surface area contributed by atoms with Crippen LogP contribution in [0.5, 0.6) is 0 Å². The highest BCUT2D eigenvalue weighted by Crippen LogP contribution is 2.41. The van der Waals surface area contributed by atoms with E-state index in [0.717, 1.165) is 10.4 Å². The second kappa shape index (κ2) is 7.56. The van der Waals surface area contributed by atoms with Gasteiger partial charge in [-0.1, -0.05) is 6.07 Å². The van der Waals surface area contributed by atoms with E-state index in [2.05, 4.69) is 0 Å². The van der Waals surface area contributed by atoms with E-state index in [4.69, 9.17) is 4.74 Å². The molecule has 2 aliphatic rings. The first-order chi connectivity index (χ1) is 14.3. The Morgan fingerprint density at radius 3 is 2.57 bits per heavy atom. The van der Waals surface area contributed by atoms with E-state index < -0.39 is 5.97 Å². The summed E-state index contributed by atoms with van der Waals surface area (Å²) in [7, 11) is 4.60. The van der Waals surface area contributed by atoms with Crippen LogP contribution in [0.3, 0.4) is 0 Å². The molecule has 0 radical (unpaired) electrons. The highest BCUT2D eigenvalue weighted by molar-refractivity contribution is 7.17. The van der Waals surface area contributed by atoms with Gasteiger partial charge in [0.05, 0.1) is 24.8 Å².